The number of rotatable bonds is 10. The first-order chi connectivity index (χ1) is 16.7. The Morgan fingerprint density at radius 1 is 1.34 bits per heavy atom. The van der Waals surface area contributed by atoms with Crippen LogP contribution >= 0.6 is 8.17 Å². The maximum atomic E-state index is 12.1. The molecule has 1 aromatic heterocycles. The van der Waals surface area contributed by atoms with Crippen molar-refractivity contribution in [2.24, 2.45) is 9.86 Å². The number of aromatic nitrogens is 2. The first-order valence-corrected chi connectivity index (χ1v) is 11.0. The molecule has 0 aliphatic carbocycles. The van der Waals surface area contributed by atoms with E-state index in [0.717, 1.165) is 16.8 Å². The lowest BCUT2D eigenvalue weighted by atomic mass is 10.1. The molecule has 17 heteroatoms. The molecule has 2 heterocycles. The summed E-state index contributed by atoms with van der Waals surface area (Å²) in [6.45, 7) is -0.934. The zero-order valence-electron chi connectivity index (χ0n) is 17.6. The molecule has 3 rings (SSSR count). The summed E-state index contributed by atoms with van der Waals surface area (Å²) in [5.41, 5.74) is 5.47. The molecule has 4 N–H and O–H groups in total. The van der Waals surface area contributed by atoms with Crippen LogP contribution in [-0.4, -0.2) is 61.4 Å². The van der Waals surface area contributed by atoms with Crippen LogP contribution in [0.3, 0.4) is 0 Å². The minimum atomic E-state index is -3.05. The molecule has 1 fully saturated rings. The normalized spacial score (nSPS) is 25.1. The number of azide groups is 1. The first-order valence-electron chi connectivity index (χ1n) is 9.83. The van der Waals surface area contributed by atoms with Gasteiger partial charge in [-0.1, -0.05) is 40.2 Å². The highest BCUT2D eigenvalue weighted by Crippen LogP contribution is 2.38. The number of carboxylic acids is 1. The molecular formula is C18H19N6O10P. The van der Waals surface area contributed by atoms with E-state index in [4.69, 9.17) is 15.2 Å². The van der Waals surface area contributed by atoms with Crippen LogP contribution in [-0.2, 0) is 25.5 Å². The Morgan fingerprint density at radius 3 is 2.69 bits per heavy atom. The lowest BCUT2D eigenvalue weighted by Crippen LogP contribution is -2.45. The summed E-state index contributed by atoms with van der Waals surface area (Å²) >= 11 is 0. The van der Waals surface area contributed by atoms with Crippen LogP contribution in [0.5, 0.6) is 0 Å². The average molecular weight is 510 g/mol. The van der Waals surface area contributed by atoms with Crippen LogP contribution in [0.4, 0.5) is 0 Å². The van der Waals surface area contributed by atoms with Gasteiger partial charge in [0.05, 0.1) is 0 Å². The second-order valence-electron chi connectivity index (χ2n) is 7.23. The number of H-pyrrole nitrogens is 1. The Morgan fingerprint density at radius 2 is 2.06 bits per heavy atom. The standard InChI is InChI=1S/C18H19N6O10P/c19-23-22-18(14(27)13(26)15(33-18)24-7-6-12(25)20-17(24)30)9-32-34-35(31)21-11(16(28)29)8-10-4-2-1-3-5-10/h1-7,11,13-15,26-27H,8-9H2,(H,28,29)(H,20,25,30)/t11?,13-,14+,15-,18-/m1/s1. The minimum absolute atomic E-state index is 0.0765. The van der Waals surface area contributed by atoms with E-state index >= 15 is 0 Å². The van der Waals surface area contributed by atoms with Crippen molar-refractivity contribution in [2.75, 3.05) is 6.61 Å². The number of carbonyl (C=O) groups is 1. The van der Waals surface area contributed by atoms with Gasteiger partial charge in [-0.05, 0) is 11.1 Å². The maximum absolute atomic E-state index is 12.1. The molecule has 35 heavy (non-hydrogen) atoms. The smallest absolute Gasteiger partial charge is 0.382 e. The second kappa shape index (κ2) is 11.3. The molecule has 0 radical (unpaired) electrons. The van der Waals surface area contributed by atoms with Crippen LogP contribution in [0, 0.1) is 0 Å². The lowest BCUT2D eigenvalue weighted by Gasteiger charge is -2.24. The topological polar surface area (TPSA) is 244 Å². The number of nitrogens with zero attached hydrogens (tertiary/aromatic N) is 5. The van der Waals surface area contributed by atoms with Gasteiger partial charge in [0.25, 0.3) is 5.56 Å². The fourth-order valence-electron chi connectivity index (χ4n) is 3.23. The summed E-state index contributed by atoms with van der Waals surface area (Å²) in [5, 5.41) is 33.4. The van der Waals surface area contributed by atoms with Gasteiger partial charge in [0.15, 0.2) is 12.3 Å². The molecule has 6 atom stereocenters. The highest BCUT2D eigenvalue weighted by Gasteiger charge is 2.56. The number of nitrogens with one attached hydrogen (secondary N) is 1. The number of aliphatic carboxylic acids is 1. The fourth-order valence-corrected chi connectivity index (χ4v) is 3.82. The summed E-state index contributed by atoms with van der Waals surface area (Å²) in [6.07, 6.45) is -4.48. The van der Waals surface area contributed by atoms with Crippen molar-refractivity contribution in [3.05, 3.63) is 79.4 Å². The molecule has 1 saturated heterocycles. The van der Waals surface area contributed by atoms with Crippen molar-refractivity contribution in [1.29, 1.82) is 0 Å². The maximum Gasteiger partial charge on any atom is 0.382 e. The fraction of sp³-hybridized carbons (Fsp3) is 0.389. The summed E-state index contributed by atoms with van der Waals surface area (Å²) in [4.78, 5) is 56.1. The summed E-state index contributed by atoms with van der Waals surface area (Å²) < 4.78 is 14.2. The van der Waals surface area contributed by atoms with Crippen LogP contribution in [0.15, 0.2) is 62.0 Å². The van der Waals surface area contributed by atoms with E-state index in [9.17, 15) is 34.6 Å². The van der Waals surface area contributed by atoms with Gasteiger partial charge in [0, 0.05) is 28.3 Å². The molecule has 1 aliphatic heterocycles. The molecule has 2 aromatic rings. The van der Waals surface area contributed by atoms with Crippen molar-refractivity contribution in [1.82, 2.24) is 9.55 Å². The average Bonchev–Trinajstić information content (AvgIpc) is 3.05. The van der Waals surface area contributed by atoms with Crippen molar-refractivity contribution >= 4 is 14.1 Å². The predicted octanol–water partition coefficient (Wildman–Crippen LogP) is -0.706. The summed E-state index contributed by atoms with van der Waals surface area (Å²) in [5.74, 6) is -1.36. The zero-order valence-corrected chi connectivity index (χ0v) is 18.5. The number of hydrogen-bond donors (Lipinski definition) is 4. The predicted molar refractivity (Wildman–Crippen MR) is 113 cm³/mol. The quantitative estimate of drug-likeness (QED) is 0.0781. The molecule has 1 aromatic carbocycles. The van der Waals surface area contributed by atoms with Crippen molar-refractivity contribution < 1.29 is 39.3 Å². The number of aromatic amines is 1. The number of hydrogen-bond acceptors (Lipinski definition) is 11. The van der Waals surface area contributed by atoms with Gasteiger partial charge < -0.3 is 24.9 Å². The van der Waals surface area contributed by atoms with Gasteiger partial charge in [-0.3, -0.25) is 14.3 Å². The molecule has 0 spiro atoms. The highest BCUT2D eigenvalue weighted by molar-refractivity contribution is 7.33. The number of benzene rings is 1. The molecule has 0 bridgehead atoms. The third-order valence-corrected chi connectivity index (χ3v) is 5.62. The van der Waals surface area contributed by atoms with E-state index in [1.54, 1.807) is 30.3 Å². The second-order valence-corrected chi connectivity index (χ2v) is 8.08. The molecule has 0 saturated carbocycles. The van der Waals surface area contributed by atoms with Gasteiger partial charge in [-0.2, -0.15) is 4.89 Å². The van der Waals surface area contributed by atoms with E-state index in [1.807, 2.05) is 4.98 Å². The first kappa shape index (κ1) is 26.2. The van der Waals surface area contributed by atoms with Crippen LogP contribution in [0.25, 0.3) is 10.4 Å². The Balaban J connectivity index is 1.72. The Hall–Kier alpha value is -3.46. The SMILES string of the molecule is [N-]=[N+]=N[C@]1(COO/[P+]([O-])=N/C(Cc2ccccc2)C(=O)O)O[C@@H](n2ccc(=O)[nH]c2=O)[C@H](O)[C@@H]1O. The Labute approximate surface area is 196 Å². The third-order valence-electron chi connectivity index (χ3n) is 4.91. The number of carboxylic acid groups (broad SMARTS) is 1. The zero-order chi connectivity index (χ0) is 25.6. The van der Waals surface area contributed by atoms with Crippen LogP contribution in [0.1, 0.15) is 11.8 Å². The Kier molecular flexibility index (Phi) is 8.45. The Bertz CT molecular complexity index is 1250. The van der Waals surface area contributed by atoms with Gasteiger partial charge in [-0.15, -0.1) is 0 Å². The molecular weight excluding hydrogens is 491 g/mol. The number of ether oxygens (including phenoxy) is 1. The minimum Gasteiger partial charge on any atom is -0.581 e. The van der Waals surface area contributed by atoms with E-state index in [0.29, 0.717) is 5.56 Å². The van der Waals surface area contributed by atoms with Gasteiger partial charge in [-0.25, -0.2) is 9.59 Å². The van der Waals surface area contributed by atoms with E-state index in [1.165, 1.54) is 0 Å². The molecule has 0 amide bonds. The monoisotopic (exact) mass is 510 g/mol. The van der Waals surface area contributed by atoms with Crippen molar-refractivity contribution in [3.63, 3.8) is 0 Å². The van der Waals surface area contributed by atoms with Gasteiger partial charge in [0.2, 0.25) is 5.72 Å². The van der Waals surface area contributed by atoms with E-state index < -0.39 is 62.2 Å². The summed E-state index contributed by atoms with van der Waals surface area (Å²) in [7, 11) is -3.05. The van der Waals surface area contributed by atoms with Gasteiger partial charge >= 0.3 is 19.8 Å². The molecule has 16 nitrogen and oxygen atoms in total. The van der Waals surface area contributed by atoms with Crippen molar-refractivity contribution in [2.45, 2.75) is 36.6 Å². The lowest BCUT2D eigenvalue weighted by molar-refractivity contribution is -0.291. The van der Waals surface area contributed by atoms with Crippen LogP contribution in [0.2, 0.25) is 0 Å². The number of aliphatic hydroxyl groups excluding tert-OH is 2. The molecule has 2 unspecified atom stereocenters. The largest absolute Gasteiger partial charge is 0.581 e. The third kappa shape index (κ3) is 6.16. The summed E-state index contributed by atoms with van der Waals surface area (Å²) in [6, 6.07) is 7.97. The highest BCUT2D eigenvalue weighted by atomic mass is 31.1. The molecule has 1 aliphatic rings. The van der Waals surface area contributed by atoms with Gasteiger partial charge in [0.1, 0.15) is 18.8 Å². The molecule has 186 valence electrons. The van der Waals surface area contributed by atoms with Crippen molar-refractivity contribution in [3.8, 4) is 0 Å². The van der Waals surface area contributed by atoms with Crippen LogP contribution < -0.4 is 16.1 Å². The van der Waals surface area contributed by atoms with E-state index in [2.05, 4.69) is 19.4 Å². The van der Waals surface area contributed by atoms with E-state index in [-0.39, 0.29) is 6.42 Å². The number of aliphatic hydroxyl groups is 2.